The van der Waals surface area contributed by atoms with E-state index in [1.807, 2.05) is 11.9 Å². The zero-order valence-electron chi connectivity index (χ0n) is 8.52. The molecule has 0 saturated carbocycles. The van der Waals surface area contributed by atoms with Gasteiger partial charge in [-0.2, -0.15) is 0 Å². The maximum atomic E-state index is 5.81. The Kier molecular flexibility index (Phi) is 3.78. The molecule has 0 amide bonds. The van der Waals surface area contributed by atoms with E-state index < -0.39 is 0 Å². The van der Waals surface area contributed by atoms with Gasteiger partial charge in [0.05, 0.1) is 3.79 Å². The van der Waals surface area contributed by atoms with Crippen molar-refractivity contribution in [2.24, 2.45) is 0 Å². The van der Waals surface area contributed by atoms with Crippen LogP contribution in [0.25, 0.3) is 0 Å². The zero-order chi connectivity index (χ0) is 11.5. The van der Waals surface area contributed by atoms with Gasteiger partial charge in [0.1, 0.15) is 17.3 Å². The number of hydrogen-bond donors (Lipinski definition) is 0. The van der Waals surface area contributed by atoms with Gasteiger partial charge in [0.2, 0.25) is 0 Å². The molecule has 0 aliphatic heterocycles. The molecule has 0 N–H and O–H groups in total. The van der Waals surface area contributed by atoms with Gasteiger partial charge in [-0.25, -0.2) is 9.97 Å². The molecular weight excluding hydrogens is 310 g/mol. The maximum absolute atomic E-state index is 5.81. The summed E-state index contributed by atoms with van der Waals surface area (Å²) in [5.41, 5.74) is 1.24. The lowest BCUT2D eigenvalue weighted by Crippen LogP contribution is -2.17. The molecule has 0 atom stereocenters. The van der Waals surface area contributed by atoms with E-state index in [0.717, 1.165) is 16.1 Å². The molecule has 0 unspecified atom stereocenters. The number of anilines is 1. The number of aromatic nitrogens is 2. The summed E-state index contributed by atoms with van der Waals surface area (Å²) < 4.78 is 1.14. The van der Waals surface area contributed by atoms with Crippen molar-refractivity contribution in [2.45, 2.75) is 6.54 Å². The van der Waals surface area contributed by atoms with Gasteiger partial charge in [-0.05, 0) is 32.9 Å². The van der Waals surface area contributed by atoms with Gasteiger partial charge in [-0.1, -0.05) is 11.6 Å². The first-order valence-corrected chi connectivity index (χ1v) is 6.62. The highest BCUT2D eigenvalue weighted by molar-refractivity contribution is 9.11. The predicted molar refractivity (Wildman–Crippen MR) is 71.2 cm³/mol. The van der Waals surface area contributed by atoms with Crippen molar-refractivity contribution in [3.63, 3.8) is 0 Å². The second-order valence-electron chi connectivity index (χ2n) is 3.31. The molecule has 0 aliphatic carbocycles. The van der Waals surface area contributed by atoms with Crippen LogP contribution >= 0.6 is 38.9 Å². The SMILES string of the molecule is CN(Cc1csc(Br)c1)c1cc(Cl)ncn1. The number of thiophene rings is 1. The van der Waals surface area contributed by atoms with Crippen LogP contribution in [0.15, 0.2) is 27.6 Å². The summed E-state index contributed by atoms with van der Waals surface area (Å²) in [4.78, 5) is 10.0. The molecule has 0 aromatic carbocycles. The lowest BCUT2D eigenvalue weighted by atomic mass is 10.3. The maximum Gasteiger partial charge on any atom is 0.134 e. The summed E-state index contributed by atoms with van der Waals surface area (Å²) in [7, 11) is 1.98. The summed E-state index contributed by atoms with van der Waals surface area (Å²) in [5.74, 6) is 0.822. The van der Waals surface area contributed by atoms with Crippen LogP contribution in [0.1, 0.15) is 5.56 Å². The lowest BCUT2D eigenvalue weighted by Gasteiger charge is -2.16. The molecule has 0 spiro atoms. The quantitative estimate of drug-likeness (QED) is 0.810. The van der Waals surface area contributed by atoms with Crippen LogP contribution < -0.4 is 4.90 Å². The summed E-state index contributed by atoms with van der Waals surface area (Å²) in [6.07, 6.45) is 1.47. The predicted octanol–water partition coefficient (Wildman–Crippen LogP) is 3.59. The highest BCUT2D eigenvalue weighted by Crippen LogP contribution is 2.23. The van der Waals surface area contributed by atoms with Crippen molar-refractivity contribution in [1.29, 1.82) is 0 Å². The van der Waals surface area contributed by atoms with Crippen LogP contribution in [-0.4, -0.2) is 17.0 Å². The molecule has 0 radical (unpaired) electrons. The first-order valence-electron chi connectivity index (χ1n) is 4.57. The van der Waals surface area contributed by atoms with Gasteiger partial charge in [-0.15, -0.1) is 11.3 Å². The van der Waals surface area contributed by atoms with Crippen molar-refractivity contribution in [3.8, 4) is 0 Å². The molecule has 3 nitrogen and oxygen atoms in total. The zero-order valence-corrected chi connectivity index (χ0v) is 11.7. The standard InChI is InChI=1S/C10H9BrClN3S/c1-15(4-7-2-8(11)16-5-7)10-3-9(12)13-6-14-10/h2-3,5-6H,4H2,1H3. The minimum absolute atomic E-state index is 0.461. The Labute approximate surface area is 111 Å². The van der Waals surface area contributed by atoms with E-state index in [1.165, 1.54) is 11.9 Å². The van der Waals surface area contributed by atoms with E-state index in [1.54, 1.807) is 17.4 Å². The Morgan fingerprint density at radius 2 is 2.25 bits per heavy atom. The molecule has 16 heavy (non-hydrogen) atoms. The van der Waals surface area contributed by atoms with Crippen molar-refractivity contribution in [2.75, 3.05) is 11.9 Å². The second kappa shape index (κ2) is 5.12. The number of halogens is 2. The highest BCUT2D eigenvalue weighted by atomic mass is 79.9. The van der Waals surface area contributed by atoms with Crippen LogP contribution in [-0.2, 0) is 6.54 Å². The normalized spacial score (nSPS) is 10.4. The minimum atomic E-state index is 0.461. The average molecular weight is 319 g/mol. The fourth-order valence-electron chi connectivity index (χ4n) is 1.32. The van der Waals surface area contributed by atoms with Crippen LogP contribution in [0.4, 0.5) is 5.82 Å². The average Bonchev–Trinajstić information content (AvgIpc) is 2.64. The smallest absolute Gasteiger partial charge is 0.134 e. The van der Waals surface area contributed by atoms with Gasteiger partial charge < -0.3 is 4.90 Å². The van der Waals surface area contributed by atoms with Crippen molar-refractivity contribution in [3.05, 3.63) is 38.3 Å². The van der Waals surface area contributed by atoms with Crippen LogP contribution in [0.2, 0.25) is 5.15 Å². The summed E-state index contributed by atoms with van der Waals surface area (Å²) in [6.45, 7) is 0.801. The molecule has 0 fully saturated rings. The molecule has 2 heterocycles. The fourth-order valence-corrected chi connectivity index (χ4v) is 2.66. The molecule has 6 heteroatoms. The first-order chi connectivity index (χ1) is 7.65. The van der Waals surface area contributed by atoms with Gasteiger partial charge in [0.25, 0.3) is 0 Å². The monoisotopic (exact) mass is 317 g/mol. The van der Waals surface area contributed by atoms with E-state index in [4.69, 9.17) is 11.6 Å². The van der Waals surface area contributed by atoms with E-state index >= 15 is 0 Å². The Morgan fingerprint density at radius 1 is 1.44 bits per heavy atom. The Balaban J connectivity index is 2.11. The van der Waals surface area contributed by atoms with Crippen LogP contribution in [0, 0.1) is 0 Å². The van der Waals surface area contributed by atoms with Crippen LogP contribution in [0.3, 0.4) is 0 Å². The molecule has 2 aromatic heterocycles. The molecule has 0 bridgehead atoms. The Hall–Kier alpha value is -0.650. The highest BCUT2D eigenvalue weighted by Gasteiger charge is 2.05. The summed E-state index contributed by atoms with van der Waals surface area (Å²) in [5, 5.41) is 2.58. The topological polar surface area (TPSA) is 29.0 Å². The third kappa shape index (κ3) is 2.93. The molecule has 2 aromatic rings. The van der Waals surface area contributed by atoms with Gasteiger partial charge in [0, 0.05) is 19.7 Å². The van der Waals surface area contributed by atoms with E-state index in [-0.39, 0.29) is 0 Å². The Bertz CT molecular complexity index is 488. The summed E-state index contributed by atoms with van der Waals surface area (Å²) >= 11 is 10.9. The molecule has 0 saturated heterocycles. The second-order valence-corrected chi connectivity index (χ2v) is 5.99. The molecular formula is C10H9BrClN3S. The number of hydrogen-bond acceptors (Lipinski definition) is 4. The third-order valence-corrected chi connectivity index (χ3v) is 3.81. The van der Waals surface area contributed by atoms with E-state index in [2.05, 4.69) is 37.3 Å². The van der Waals surface area contributed by atoms with Gasteiger partial charge in [-0.3, -0.25) is 0 Å². The van der Waals surface area contributed by atoms with E-state index in [0.29, 0.717) is 5.15 Å². The first kappa shape index (κ1) is 11.8. The number of rotatable bonds is 3. The minimum Gasteiger partial charge on any atom is -0.355 e. The van der Waals surface area contributed by atoms with Crippen molar-refractivity contribution >= 4 is 44.7 Å². The fraction of sp³-hybridized carbons (Fsp3) is 0.200. The Morgan fingerprint density at radius 3 is 2.88 bits per heavy atom. The molecule has 0 aliphatic rings. The molecule has 2 rings (SSSR count). The largest absolute Gasteiger partial charge is 0.355 e. The number of nitrogens with zero attached hydrogens (tertiary/aromatic N) is 3. The van der Waals surface area contributed by atoms with Crippen molar-refractivity contribution < 1.29 is 0 Å². The third-order valence-electron chi connectivity index (χ3n) is 2.05. The van der Waals surface area contributed by atoms with Gasteiger partial charge in [0.15, 0.2) is 0 Å². The van der Waals surface area contributed by atoms with E-state index in [9.17, 15) is 0 Å². The molecule has 84 valence electrons. The van der Waals surface area contributed by atoms with Crippen LogP contribution in [0.5, 0.6) is 0 Å². The lowest BCUT2D eigenvalue weighted by molar-refractivity contribution is 0.894. The van der Waals surface area contributed by atoms with Crippen molar-refractivity contribution in [1.82, 2.24) is 9.97 Å². The summed E-state index contributed by atoms with van der Waals surface area (Å²) in [6, 6.07) is 3.85. The van der Waals surface area contributed by atoms with Gasteiger partial charge >= 0.3 is 0 Å².